The van der Waals surface area contributed by atoms with Gasteiger partial charge in [-0.2, -0.15) is 0 Å². The third-order valence-corrected chi connectivity index (χ3v) is 4.40. The topological polar surface area (TPSA) is 49.7 Å². The fourth-order valence-corrected chi connectivity index (χ4v) is 3.43. The summed E-state index contributed by atoms with van der Waals surface area (Å²) >= 11 is 0. The van der Waals surface area contributed by atoms with Crippen LogP contribution in [-0.4, -0.2) is 35.3 Å². The van der Waals surface area contributed by atoms with Crippen LogP contribution in [-0.2, 0) is 27.1 Å². The second kappa shape index (κ2) is 5.64. The molecule has 5 heteroatoms. The monoisotopic (exact) mass is 321 g/mol. The van der Waals surface area contributed by atoms with Gasteiger partial charge in [0.05, 0.1) is 13.2 Å². The van der Waals surface area contributed by atoms with Crippen LogP contribution in [0.2, 0.25) is 0 Å². The molecule has 23 heavy (non-hydrogen) atoms. The summed E-state index contributed by atoms with van der Waals surface area (Å²) in [5.41, 5.74) is 2.69. The lowest BCUT2D eigenvalue weighted by Gasteiger charge is -2.32. The molecule has 1 aromatic heterocycles. The van der Waals surface area contributed by atoms with Crippen molar-refractivity contribution < 1.29 is 19.0 Å². The van der Waals surface area contributed by atoms with Crippen LogP contribution in [0.4, 0.5) is 4.79 Å². The minimum atomic E-state index is -0.504. The van der Waals surface area contributed by atoms with Gasteiger partial charge in [0.25, 0.3) is 0 Å². The quantitative estimate of drug-likeness (QED) is 0.792. The van der Waals surface area contributed by atoms with Gasteiger partial charge in [0.15, 0.2) is 5.79 Å². The largest absolute Gasteiger partial charge is 0.443 e. The molecule has 0 bridgehead atoms. The molecule has 2 heterocycles. The minimum Gasteiger partial charge on any atom is -0.443 e. The highest BCUT2D eigenvalue weighted by atomic mass is 16.7. The highest BCUT2D eigenvalue weighted by molar-refractivity contribution is 5.74. The Morgan fingerprint density at radius 2 is 1.96 bits per heavy atom. The fourth-order valence-electron chi connectivity index (χ4n) is 3.43. The van der Waals surface area contributed by atoms with Crippen LogP contribution in [0.1, 0.15) is 63.9 Å². The zero-order chi connectivity index (χ0) is 16.8. The van der Waals surface area contributed by atoms with Crippen molar-refractivity contribution in [2.75, 3.05) is 13.2 Å². The summed E-state index contributed by atoms with van der Waals surface area (Å²) in [5, 5.41) is 0. The lowest BCUT2D eigenvalue weighted by Crippen LogP contribution is -2.38. The molecule has 128 valence electrons. The van der Waals surface area contributed by atoms with E-state index in [1.165, 1.54) is 0 Å². The van der Waals surface area contributed by atoms with Crippen LogP contribution < -0.4 is 0 Å². The van der Waals surface area contributed by atoms with Gasteiger partial charge in [-0.15, -0.1) is 0 Å². The average Bonchev–Trinajstić information content (AvgIpc) is 3.01. The first-order chi connectivity index (χ1) is 10.7. The maximum atomic E-state index is 12.7. The molecule has 0 saturated carbocycles. The van der Waals surface area contributed by atoms with Crippen LogP contribution in [0.15, 0.2) is 6.07 Å². The standard InChI is InChI=1S/C18H27NO4/c1-12(2)15-10-13-11-18(21-8-9-22-18)7-6-14(13)19(15)16(20)23-17(3,4)5/h10,12H,6-9,11H2,1-5H3. The van der Waals surface area contributed by atoms with Crippen molar-refractivity contribution >= 4 is 6.09 Å². The van der Waals surface area contributed by atoms with Crippen molar-refractivity contribution in [2.45, 2.75) is 71.2 Å². The molecule has 1 aromatic rings. The van der Waals surface area contributed by atoms with Gasteiger partial charge < -0.3 is 14.2 Å². The van der Waals surface area contributed by atoms with Crippen molar-refractivity contribution in [3.8, 4) is 0 Å². The molecule has 0 atom stereocenters. The number of hydrogen-bond donors (Lipinski definition) is 0. The number of carbonyl (C=O) groups excluding carboxylic acids is 1. The number of rotatable bonds is 1. The SMILES string of the molecule is CC(C)c1cc2c(n1C(=O)OC(C)(C)C)CCC1(C2)OCCO1. The Balaban J connectivity index is 1.97. The maximum Gasteiger partial charge on any atom is 0.418 e. The number of nitrogens with zero attached hydrogens (tertiary/aromatic N) is 1. The Morgan fingerprint density at radius 3 is 2.52 bits per heavy atom. The maximum absolute atomic E-state index is 12.7. The number of ether oxygens (including phenoxy) is 3. The van der Waals surface area contributed by atoms with Crippen molar-refractivity contribution in [2.24, 2.45) is 0 Å². The van der Waals surface area contributed by atoms with E-state index < -0.39 is 11.4 Å². The lowest BCUT2D eigenvalue weighted by molar-refractivity contribution is -0.164. The van der Waals surface area contributed by atoms with Gasteiger partial charge in [0.2, 0.25) is 0 Å². The Kier molecular flexibility index (Phi) is 4.05. The zero-order valence-corrected chi connectivity index (χ0v) is 14.8. The summed E-state index contributed by atoms with van der Waals surface area (Å²) < 4.78 is 19.1. The van der Waals surface area contributed by atoms with Gasteiger partial charge in [0.1, 0.15) is 5.60 Å². The molecule has 0 unspecified atom stereocenters. The van der Waals surface area contributed by atoms with Gasteiger partial charge in [-0.1, -0.05) is 13.8 Å². The van der Waals surface area contributed by atoms with E-state index in [9.17, 15) is 4.79 Å². The predicted molar refractivity (Wildman–Crippen MR) is 86.8 cm³/mol. The first-order valence-electron chi connectivity index (χ1n) is 8.45. The molecular weight excluding hydrogens is 294 g/mol. The van der Waals surface area contributed by atoms with Crippen LogP contribution in [0, 0.1) is 0 Å². The first kappa shape index (κ1) is 16.5. The molecular formula is C18H27NO4. The summed E-state index contributed by atoms with van der Waals surface area (Å²) in [4.78, 5) is 12.7. The lowest BCUT2D eigenvalue weighted by atomic mass is 9.92. The number of carbonyl (C=O) groups is 1. The average molecular weight is 321 g/mol. The molecule has 0 aromatic carbocycles. The van der Waals surface area contributed by atoms with E-state index in [1.807, 2.05) is 20.8 Å². The smallest absolute Gasteiger partial charge is 0.418 e. The normalized spacial score (nSPS) is 20.1. The van der Waals surface area contributed by atoms with Gasteiger partial charge in [-0.25, -0.2) is 4.79 Å². The third kappa shape index (κ3) is 3.17. The van der Waals surface area contributed by atoms with E-state index in [2.05, 4.69) is 19.9 Å². The zero-order valence-electron chi connectivity index (χ0n) is 14.8. The van der Waals surface area contributed by atoms with E-state index in [4.69, 9.17) is 14.2 Å². The minimum absolute atomic E-state index is 0.245. The molecule has 0 amide bonds. The number of hydrogen-bond acceptors (Lipinski definition) is 4. The molecule has 1 spiro atoms. The first-order valence-corrected chi connectivity index (χ1v) is 8.45. The highest BCUT2D eigenvalue weighted by Crippen LogP contribution is 2.38. The van der Waals surface area contributed by atoms with Gasteiger partial charge in [-0.05, 0) is 44.7 Å². The van der Waals surface area contributed by atoms with Gasteiger partial charge in [-0.3, -0.25) is 4.57 Å². The second-order valence-electron chi connectivity index (χ2n) is 7.80. The van der Waals surface area contributed by atoms with Crippen molar-refractivity contribution in [3.63, 3.8) is 0 Å². The Bertz CT molecular complexity index is 603. The van der Waals surface area contributed by atoms with Crippen molar-refractivity contribution in [1.29, 1.82) is 0 Å². The molecule has 0 N–H and O–H groups in total. The Labute approximate surface area is 137 Å². The van der Waals surface area contributed by atoms with Crippen molar-refractivity contribution in [3.05, 3.63) is 23.0 Å². The Hall–Kier alpha value is -1.33. The van der Waals surface area contributed by atoms with Crippen LogP contribution in [0.5, 0.6) is 0 Å². The molecule has 0 radical (unpaired) electrons. The summed E-state index contributed by atoms with van der Waals surface area (Å²) in [5.74, 6) is -0.240. The molecule has 1 fully saturated rings. The summed E-state index contributed by atoms with van der Waals surface area (Å²) in [7, 11) is 0. The predicted octanol–water partition coefficient (Wildman–Crippen LogP) is 3.63. The van der Waals surface area contributed by atoms with Gasteiger partial charge in [0, 0.05) is 24.2 Å². The van der Waals surface area contributed by atoms with Crippen LogP contribution >= 0.6 is 0 Å². The molecule has 1 aliphatic carbocycles. The Morgan fingerprint density at radius 1 is 1.30 bits per heavy atom. The fraction of sp³-hybridized carbons (Fsp3) is 0.722. The third-order valence-electron chi connectivity index (χ3n) is 4.40. The van der Waals surface area contributed by atoms with E-state index in [0.717, 1.165) is 29.8 Å². The summed E-state index contributed by atoms with van der Waals surface area (Å²) in [6, 6.07) is 2.12. The summed E-state index contributed by atoms with van der Waals surface area (Å²) in [6.45, 7) is 11.2. The number of aromatic nitrogens is 1. The molecule has 1 saturated heterocycles. The highest BCUT2D eigenvalue weighted by Gasteiger charge is 2.42. The van der Waals surface area contributed by atoms with Crippen LogP contribution in [0.25, 0.3) is 0 Å². The molecule has 5 nitrogen and oxygen atoms in total. The van der Waals surface area contributed by atoms with Crippen LogP contribution in [0.3, 0.4) is 0 Å². The van der Waals surface area contributed by atoms with E-state index >= 15 is 0 Å². The van der Waals surface area contributed by atoms with Gasteiger partial charge >= 0.3 is 6.09 Å². The summed E-state index contributed by atoms with van der Waals surface area (Å²) in [6.07, 6.45) is 1.97. The van der Waals surface area contributed by atoms with E-state index in [0.29, 0.717) is 19.6 Å². The number of fused-ring (bicyclic) bond motifs is 1. The molecule has 1 aliphatic heterocycles. The molecule has 2 aliphatic rings. The van der Waals surface area contributed by atoms with E-state index in [-0.39, 0.29) is 12.0 Å². The molecule has 3 rings (SSSR count). The second-order valence-corrected chi connectivity index (χ2v) is 7.80. The van der Waals surface area contributed by atoms with E-state index in [1.54, 1.807) is 4.57 Å². The van der Waals surface area contributed by atoms with Crippen molar-refractivity contribution in [1.82, 2.24) is 4.57 Å².